The van der Waals surface area contributed by atoms with E-state index in [1.54, 1.807) is 0 Å². The fraction of sp³-hybridized carbons (Fsp3) is 1.00. The summed E-state index contributed by atoms with van der Waals surface area (Å²) in [5.41, 5.74) is 0. The van der Waals surface area contributed by atoms with Gasteiger partial charge in [0.1, 0.15) is 0 Å². The van der Waals surface area contributed by atoms with Crippen LogP contribution in [0.15, 0.2) is 0 Å². The van der Waals surface area contributed by atoms with Crippen molar-refractivity contribution < 1.29 is 9.47 Å². The summed E-state index contributed by atoms with van der Waals surface area (Å²) in [7, 11) is 0. The standard InChI is InChI=1S/C14H28O2/c1-10(2)7-6-8-11(3)9-14-15-12(4)13(5)16-14/h10-14H,6-9H2,1-5H3/t11?,12-,13?,14?/m1/s1. The van der Waals surface area contributed by atoms with Gasteiger partial charge >= 0.3 is 0 Å². The van der Waals surface area contributed by atoms with Gasteiger partial charge in [-0.15, -0.1) is 0 Å². The lowest BCUT2D eigenvalue weighted by molar-refractivity contribution is -0.0755. The topological polar surface area (TPSA) is 18.5 Å². The Kier molecular flexibility index (Phi) is 5.77. The molecule has 1 saturated heterocycles. The second kappa shape index (κ2) is 6.61. The molecule has 1 rings (SSSR count). The number of hydrogen-bond acceptors (Lipinski definition) is 2. The largest absolute Gasteiger partial charge is 0.347 e. The Hall–Kier alpha value is -0.0800. The van der Waals surface area contributed by atoms with Gasteiger partial charge in [0.05, 0.1) is 12.2 Å². The molecule has 16 heavy (non-hydrogen) atoms. The average molecular weight is 228 g/mol. The molecule has 2 nitrogen and oxygen atoms in total. The molecule has 0 aromatic carbocycles. The highest BCUT2D eigenvalue weighted by molar-refractivity contribution is 4.70. The third-order valence-corrected chi connectivity index (χ3v) is 3.47. The fourth-order valence-electron chi connectivity index (χ4n) is 2.16. The summed E-state index contributed by atoms with van der Waals surface area (Å²) in [6, 6.07) is 0. The minimum Gasteiger partial charge on any atom is -0.347 e. The van der Waals surface area contributed by atoms with E-state index >= 15 is 0 Å². The van der Waals surface area contributed by atoms with E-state index in [0.717, 1.165) is 12.3 Å². The fourth-order valence-corrected chi connectivity index (χ4v) is 2.16. The highest BCUT2D eigenvalue weighted by Crippen LogP contribution is 2.25. The van der Waals surface area contributed by atoms with Crippen LogP contribution in [0.1, 0.15) is 60.3 Å². The molecule has 0 spiro atoms. The van der Waals surface area contributed by atoms with Crippen LogP contribution in [0.5, 0.6) is 0 Å². The Labute approximate surface area is 101 Å². The summed E-state index contributed by atoms with van der Waals surface area (Å²) in [5, 5.41) is 0. The van der Waals surface area contributed by atoms with E-state index in [1.165, 1.54) is 19.3 Å². The molecule has 0 bridgehead atoms. The predicted octanol–water partition coefficient (Wildman–Crippen LogP) is 3.99. The first-order valence-electron chi connectivity index (χ1n) is 6.80. The van der Waals surface area contributed by atoms with E-state index in [9.17, 15) is 0 Å². The van der Waals surface area contributed by atoms with Crippen LogP contribution < -0.4 is 0 Å². The van der Waals surface area contributed by atoms with Crippen LogP contribution in [0.3, 0.4) is 0 Å². The maximum absolute atomic E-state index is 5.75. The second-order valence-electron chi connectivity index (χ2n) is 5.78. The van der Waals surface area contributed by atoms with E-state index in [4.69, 9.17) is 9.47 Å². The lowest BCUT2D eigenvalue weighted by Gasteiger charge is -2.16. The van der Waals surface area contributed by atoms with Crippen LogP contribution in [0.25, 0.3) is 0 Å². The molecule has 1 aliphatic rings. The minimum absolute atomic E-state index is 0.0408. The van der Waals surface area contributed by atoms with Crippen LogP contribution in [0, 0.1) is 11.8 Å². The molecule has 1 heterocycles. The first-order valence-corrected chi connectivity index (χ1v) is 6.80. The summed E-state index contributed by atoms with van der Waals surface area (Å²) in [6.45, 7) is 11.1. The van der Waals surface area contributed by atoms with Crippen molar-refractivity contribution in [3.63, 3.8) is 0 Å². The van der Waals surface area contributed by atoms with E-state index in [-0.39, 0.29) is 18.5 Å². The first kappa shape index (κ1) is 14.0. The van der Waals surface area contributed by atoms with Gasteiger partial charge in [-0.2, -0.15) is 0 Å². The van der Waals surface area contributed by atoms with Crippen molar-refractivity contribution in [2.45, 2.75) is 78.8 Å². The van der Waals surface area contributed by atoms with Gasteiger partial charge < -0.3 is 9.47 Å². The van der Waals surface area contributed by atoms with Gasteiger partial charge in [-0.1, -0.05) is 40.0 Å². The Balaban J connectivity index is 2.12. The Bertz CT molecular complexity index is 181. The highest BCUT2D eigenvalue weighted by Gasteiger charge is 2.30. The molecule has 0 aromatic heterocycles. The Morgan fingerprint density at radius 1 is 0.938 bits per heavy atom. The van der Waals surface area contributed by atoms with Crippen molar-refractivity contribution in [2.75, 3.05) is 0 Å². The van der Waals surface area contributed by atoms with E-state index in [0.29, 0.717) is 5.92 Å². The summed E-state index contributed by atoms with van der Waals surface area (Å²) >= 11 is 0. The minimum atomic E-state index is 0.0408. The maximum atomic E-state index is 5.75. The van der Waals surface area contributed by atoms with Crippen molar-refractivity contribution in [1.29, 1.82) is 0 Å². The molecule has 1 aliphatic heterocycles. The molecular formula is C14H28O2. The van der Waals surface area contributed by atoms with E-state index in [2.05, 4.69) is 34.6 Å². The molecule has 0 amide bonds. The summed E-state index contributed by atoms with van der Waals surface area (Å²) < 4.78 is 11.5. The normalized spacial score (nSPS) is 32.2. The van der Waals surface area contributed by atoms with Crippen LogP contribution in [0.2, 0.25) is 0 Å². The molecule has 4 atom stereocenters. The third-order valence-electron chi connectivity index (χ3n) is 3.47. The van der Waals surface area contributed by atoms with Crippen LogP contribution >= 0.6 is 0 Å². The zero-order chi connectivity index (χ0) is 12.1. The Morgan fingerprint density at radius 2 is 1.50 bits per heavy atom. The average Bonchev–Trinajstić information content (AvgIpc) is 2.44. The molecular weight excluding hydrogens is 200 g/mol. The predicted molar refractivity (Wildman–Crippen MR) is 67.4 cm³/mol. The third kappa shape index (κ3) is 4.84. The zero-order valence-corrected chi connectivity index (χ0v) is 11.5. The summed E-state index contributed by atoms with van der Waals surface area (Å²) in [6.07, 6.45) is 5.57. The van der Waals surface area contributed by atoms with Crippen molar-refractivity contribution >= 4 is 0 Å². The number of hydrogen-bond donors (Lipinski definition) is 0. The zero-order valence-electron chi connectivity index (χ0n) is 11.5. The van der Waals surface area contributed by atoms with E-state index in [1.807, 2.05) is 0 Å². The van der Waals surface area contributed by atoms with Gasteiger partial charge in [-0.05, 0) is 25.7 Å². The summed E-state index contributed by atoms with van der Waals surface area (Å²) in [4.78, 5) is 0. The molecule has 1 fully saturated rings. The van der Waals surface area contributed by atoms with Crippen LogP contribution in [-0.2, 0) is 9.47 Å². The SMILES string of the molecule is CC(C)CCCC(C)CC1OC(C)[C@@H](C)O1. The van der Waals surface area contributed by atoms with Crippen molar-refractivity contribution in [3.8, 4) is 0 Å². The maximum Gasteiger partial charge on any atom is 0.158 e. The summed E-state index contributed by atoms with van der Waals surface area (Å²) in [5.74, 6) is 1.53. The van der Waals surface area contributed by atoms with Gasteiger partial charge in [-0.25, -0.2) is 0 Å². The molecule has 0 N–H and O–H groups in total. The van der Waals surface area contributed by atoms with Crippen molar-refractivity contribution in [3.05, 3.63) is 0 Å². The molecule has 2 heteroatoms. The van der Waals surface area contributed by atoms with Gasteiger partial charge in [0.15, 0.2) is 6.29 Å². The molecule has 0 aliphatic carbocycles. The lowest BCUT2D eigenvalue weighted by atomic mass is 9.97. The van der Waals surface area contributed by atoms with Gasteiger partial charge in [0.2, 0.25) is 0 Å². The van der Waals surface area contributed by atoms with Crippen LogP contribution in [-0.4, -0.2) is 18.5 Å². The van der Waals surface area contributed by atoms with Gasteiger partial charge in [0, 0.05) is 6.42 Å². The highest BCUT2D eigenvalue weighted by atomic mass is 16.7. The second-order valence-corrected chi connectivity index (χ2v) is 5.78. The van der Waals surface area contributed by atoms with Gasteiger partial charge in [-0.3, -0.25) is 0 Å². The molecule has 3 unspecified atom stereocenters. The molecule has 0 saturated carbocycles. The van der Waals surface area contributed by atoms with Crippen molar-refractivity contribution in [1.82, 2.24) is 0 Å². The van der Waals surface area contributed by atoms with Crippen LogP contribution in [0.4, 0.5) is 0 Å². The quantitative estimate of drug-likeness (QED) is 0.684. The molecule has 96 valence electrons. The first-order chi connectivity index (χ1) is 7.49. The molecule has 0 aromatic rings. The van der Waals surface area contributed by atoms with Gasteiger partial charge in [0.25, 0.3) is 0 Å². The number of rotatable bonds is 6. The lowest BCUT2D eigenvalue weighted by Crippen LogP contribution is -2.14. The monoisotopic (exact) mass is 228 g/mol. The van der Waals surface area contributed by atoms with E-state index < -0.39 is 0 Å². The van der Waals surface area contributed by atoms with Crippen molar-refractivity contribution in [2.24, 2.45) is 11.8 Å². The number of ether oxygens (including phenoxy) is 2. The molecule has 0 radical (unpaired) electrons. The Morgan fingerprint density at radius 3 is 2.00 bits per heavy atom. The smallest absolute Gasteiger partial charge is 0.158 e.